The fourth-order valence-corrected chi connectivity index (χ4v) is 6.00. The minimum Gasteiger partial charge on any atom is -0.497 e. The van der Waals surface area contributed by atoms with E-state index >= 15 is 0 Å². The molecule has 8 heteroatoms. The van der Waals surface area contributed by atoms with E-state index in [4.69, 9.17) is 14.5 Å². The second kappa shape index (κ2) is 10.6. The molecule has 0 aliphatic heterocycles. The Morgan fingerprint density at radius 3 is 2.57 bits per heavy atom. The monoisotopic (exact) mass is 516 g/mol. The molecule has 2 aromatic heterocycles. The van der Waals surface area contributed by atoms with Gasteiger partial charge in [0.1, 0.15) is 10.8 Å². The van der Waals surface area contributed by atoms with Crippen LogP contribution in [0, 0.1) is 0 Å². The van der Waals surface area contributed by atoms with Crippen LogP contribution in [-0.4, -0.2) is 35.6 Å². The summed E-state index contributed by atoms with van der Waals surface area (Å²) in [6.45, 7) is 2.26. The highest BCUT2D eigenvalue weighted by molar-refractivity contribution is 7.16. The Kier molecular flexibility index (Phi) is 7.10. The van der Waals surface area contributed by atoms with Crippen molar-refractivity contribution in [1.82, 2.24) is 4.57 Å². The first-order valence-electron chi connectivity index (χ1n) is 12.3. The number of aromatic nitrogens is 1. The SMILES string of the molecule is CCOC(=O)c1c(/N=C/c2c(O)n(Cc3ccc(OC)cc3)c(=O)c3ccccc23)sc2c1CCCC2. The van der Waals surface area contributed by atoms with Crippen LogP contribution in [0.25, 0.3) is 10.8 Å². The predicted molar refractivity (Wildman–Crippen MR) is 146 cm³/mol. The van der Waals surface area contributed by atoms with E-state index in [0.717, 1.165) is 36.8 Å². The summed E-state index contributed by atoms with van der Waals surface area (Å²) in [6, 6.07) is 14.5. The Hall–Kier alpha value is -3.91. The summed E-state index contributed by atoms with van der Waals surface area (Å²) in [5.41, 5.74) is 2.52. The zero-order chi connectivity index (χ0) is 25.9. The van der Waals surface area contributed by atoms with Gasteiger partial charge >= 0.3 is 5.97 Å². The van der Waals surface area contributed by atoms with E-state index in [1.165, 1.54) is 20.8 Å². The van der Waals surface area contributed by atoms with Crippen molar-refractivity contribution in [2.24, 2.45) is 4.99 Å². The highest BCUT2D eigenvalue weighted by Crippen LogP contribution is 2.40. The largest absolute Gasteiger partial charge is 0.497 e. The van der Waals surface area contributed by atoms with Crippen molar-refractivity contribution in [2.45, 2.75) is 39.2 Å². The van der Waals surface area contributed by atoms with Crippen LogP contribution >= 0.6 is 11.3 Å². The van der Waals surface area contributed by atoms with E-state index in [1.54, 1.807) is 38.4 Å². The molecular weight excluding hydrogens is 488 g/mol. The molecule has 7 nitrogen and oxygen atoms in total. The number of hydrogen-bond acceptors (Lipinski definition) is 7. The first-order chi connectivity index (χ1) is 18.0. The van der Waals surface area contributed by atoms with E-state index in [-0.39, 0.29) is 30.6 Å². The number of carbonyl (C=O) groups is 1. The van der Waals surface area contributed by atoms with Gasteiger partial charge in [-0.1, -0.05) is 30.3 Å². The maximum absolute atomic E-state index is 13.3. The highest BCUT2D eigenvalue weighted by atomic mass is 32.1. The summed E-state index contributed by atoms with van der Waals surface area (Å²) in [7, 11) is 1.59. The van der Waals surface area contributed by atoms with Gasteiger partial charge in [-0.15, -0.1) is 11.3 Å². The molecule has 5 rings (SSSR count). The maximum Gasteiger partial charge on any atom is 0.341 e. The smallest absolute Gasteiger partial charge is 0.341 e. The number of ether oxygens (including phenoxy) is 2. The number of fused-ring (bicyclic) bond motifs is 2. The van der Waals surface area contributed by atoms with Gasteiger partial charge in [-0.25, -0.2) is 9.79 Å². The molecule has 0 unspecified atom stereocenters. The quantitative estimate of drug-likeness (QED) is 0.254. The lowest BCUT2D eigenvalue weighted by atomic mass is 9.95. The lowest BCUT2D eigenvalue weighted by Gasteiger charge is -2.14. The molecule has 0 radical (unpaired) electrons. The summed E-state index contributed by atoms with van der Waals surface area (Å²) in [5, 5.41) is 12.9. The number of aryl methyl sites for hydroxylation is 1. The molecule has 4 aromatic rings. The van der Waals surface area contributed by atoms with Crippen molar-refractivity contribution in [2.75, 3.05) is 13.7 Å². The van der Waals surface area contributed by atoms with Crippen molar-refractivity contribution in [3.63, 3.8) is 0 Å². The first kappa shape index (κ1) is 24.8. The van der Waals surface area contributed by atoms with Gasteiger partial charge in [-0.05, 0) is 61.9 Å². The number of esters is 1. The van der Waals surface area contributed by atoms with Crippen LogP contribution in [-0.2, 0) is 24.1 Å². The third-order valence-corrected chi connectivity index (χ3v) is 7.83. The van der Waals surface area contributed by atoms with Gasteiger partial charge in [-0.2, -0.15) is 0 Å². The molecule has 0 saturated carbocycles. The molecule has 1 aliphatic rings. The Labute approximate surface area is 218 Å². The van der Waals surface area contributed by atoms with Gasteiger partial charge < -0.3 is 14.6 Å². The van der Waals surface area contributed by atoms with Crippen molar-refractivity contribution in [3.8, 4) is 11.6 Å². The molecule has 0 saturated heterocycles. The van der Waals surface area contributed by atoms with Crippen LogP contribution in [0.2, 0.25) is 0 Å². The highest BCUT2D eigenvalue weighted by Gasteiger charge is 2.26. The number of aromatic hydroxyl groups is 1. The Morgan fingerprint density at radius 1 is 1.11 bits per heavy atom. The topological polar surface area (TPSA) is 90.1 Å². The Balaban J connectivity index is 1.62. The predicted octanol–water partition coefficient (Wildman–Crippen LogP) is 5.63. The van der Waals surface area contributed by atoms with Gasteiger partial charge in [0.2, 0.25) is 5.88 Å². The lowest BCUT2D eigenvalue weighted by molar-refractivity contribution is 0.0526. The second-order valence-corrected chi connectivity index (χ2v) is 9.98. The van der Waals surface area contributed by atoms with Gasteiger partial charge in [0.15, 0.2) is 0 Å². The number of aliphatic imine (C=N–C) groups is 1. The summed E-state index contributed by atoms with van der Waals surface area (Å²) in [6.07, 6.45) is 5.42. The molecule has 37 heavy (non-hydrogen) atoms. The maximum atomic E-state index is 13.3. The van der Waals surface area contributed by atoms with E-state index in [9.17, 15) is 14.7 Å². The molecule has 0 spiro atoms. The minimum atomic E-state index is -0.368. The number of carbonyl (C=O) groups excluding carboxylic acids is 1. The van der Waals surface area contributed by atoms with Crippen molar-refractivity contribution in [1.29, 1.82) is 0 Å². The number of benzene rings is 2. The van der Waals surface area contributed by atoms with Gasteiger partial charge in [0.25, 0.3) is 5.56 Å². The minimum absolute atomic E-state index is 0.178. The number of rotatable bonds is 7. The van der Waals surface area contributed by atoms with Crippen molar-refractivity contribution in [3.05, 3.63) is 86.0 Å². The molecule has 0 fully saturated rings. The molecule has 2 heterocycles. The third kappa shape index (κ3) is 4.76. The van der Waals surface area contributed by atoms with E-state index in [0.29, 0.717) is 32.6 Å². The molecule has 1 aliphatic carbocycles. The summed E-state index contributed by atoms with van der Waals surface area (Å²) < 4.78 is 11.9. The summed E-state index contributed by atoms with van der Waals surface area (Å²) in [5.74, 6) is 0.164. The summed E-state index contributed by atoms with van der Waals surface area (Å²) in [4.78, 5) is 32.0. The van der Waals surface area contributed by atoms with E-state index in [1.807, 2.05) is 30.3 Å². The zero-order valence-electron chi connectivity index (χ0n) is 20.8. The molecule has 190 valence electrons. The van der Waals surface area contributed by atoms with Gasteiger partial charge in [0, 0.05) is 21.9 Å². The molecule has 0 amide bonds. The summed E-state index contributed by atoms with van der Waals surface area (Å²) >= 11 is 1.50. The Bertz CT molecular complexity index is 1550. The van der Waals surface area contributed by atoms with Crippen molar-refractivity contribution < 1.29 is 19.4 Å². The lowest BCUT2D eigenvalue weighted by Crippen LogP contribution is -2.22. The third-order valence-electron chi connectivity index (χ3n) is 6.63. The van der Waals surface area contributed by atoms with Crippen molar-refractivity contribution >= 4 is 39.3 Å². The Morgan fingerprint density at radius 2 is 1.84 bits per heavy atom. The number of nitrogens with zero attached hydrogens (tertiary/aromatic N) is 2. The fourth-order valence-electron chi connectivity index (χ4n) is 4.78. The fraction of sp³-hybridized carbons (Fsp3) is 0.276. The standard InChI is InChI=1S/C29H28N2O5S/c1-3-36-29(34)25-22-10-6-7-11-24(22)37-26(25)30-16-23-20-8-4-5-9-21(20)27(32)31(28(23)33)17-18-12-14-19(35-2)15-13-18/h4-5,8-9,12-16,33H,3,6-7,10-11,17H2,1-2H3/b30-16+. The van der Waals surface area contributed by atoms with Crippen LogP contribution in [0.5, 0.6) is 11.6 Å². The van der Waals surface area contributed by atoms with Gasteiger partial charge in [0.05, 0.1) is 31.4 Å². The molecule has 2 aromatic carbocycles. The van der Waals surface area contributed by atoms with Crippen LogP contribution < -0.4 is 10.3 Å². The van der Waals surface area contributed by atoms with Crippen LogP contribution in [0.1, 0.15) is 51.7 Å². The number of thiophene rings is 1. The second-order valence-electron chi connectivity index (χ2n) is 8.89. The molecule has 0 bridgehead atoms. The van der Waals surface area contributed by atoms with Crippen LogP contribution in [0.15, 0.2) is 58.3 Å². The molecule has 1 N–H and O–H groups in total. The first-order valence-corrected chi connectivity index (χ1v) is 13.2. The van der Waals surface area contributed by atoms with Gasteiger partial charge in [-0.3, -0.25) is 9.36 Å². The average molecular weight is 517 g/mol. The number of methoxy groups -OCH3 is 1. The zero-order valence-corrected chi connectivity index (χ0v) is 21.6. The number of pyridine rings is 1. The van der Waals surface area contributed by atoms with E-state index in [2.05, 4.69) is 0 Å². The molecule has 0 atom stereocenters. The van der Waals surface area contributed by atoms with E-state index < -0.39 is 0 Å². The molecular formula is C29H28N2O5S. The van der Waals surface area contributed by atoms with Crippen LogP contribution in [0.3, 0.4) is 0 Å². The normalized spacial score (nSPS) is 13.1. The number of hydrogen-bond donors (Lipinski definition) is 1. The van der Waals surface area contributed by atoms with Crippen LogP contribution in [0.4, 0.5) is 5.00 Å². The average Bonchev–Trinajstić information content (AvgIpc) is 3.30.